The Bertz CT molecular complexity index is 789. The maximum atomic E-state index is 10.5. The van der Waals surface area contributed by atoms with E-state index in [1.54, 1.807) is 24.3 Å². The quantitative estimate of drug-likeness (QED) is 0.628. The van der Waals surface area contributed by atoms with E-state index in [1.807, 2.05) is 31.2 Å². The molecule has 2 aromatic carbocycles. The van der Waals surface area contributed by atoms with Gasteiger partial charge in [0.1, 0.15) is 5.75 Å². The highest BCUT2D eigenvalue weighted by atomic mass is 79.9. The summed E-state index contributed by atoms with van der Waals surface area (Å²) < 4.78 is 5.78. The van der Waals surface area contributed by atoms with E-state index in [4.69, 9.17) is 9.84 Å². The molecule has 0 radical (unpaired) electrons. The first-order valence-corrected chi connectivity index (χ1v) is 7.62. The van der Waals surface area contributed by atoms with Crippen LogP contribution in [0.15, 0.2) is 46.9 Å². The lowest BCUT2D eigenvalue weighted by Gasteiger charge is -2.07. The highest BCUT2D eigenvalue weighted by Gasteiger charge is 2.06. The molecule has 0 spiro atoms. The zero-order chi connectivity index (χ0) is 16.8. The van der Waals surface area contributed by atoms with Crippen LogP contribution in [0.2, 0.25) is 0 Å². The molecular weight excluding hydrogens is 358 g/mol. The molecule has 0 fully saturated rings. The fourth-order valence-corrected chi connectivity index (χ4v) is 2.45. The second-order valence-corrected chi connectivity index (χ2v) is 5.76. The Balaban J connectivity index is 2.27. The van der Waals surface area contributed by atoms with Crippen LogP contribution in [0.25, 0.3) is 11.6 Å². The average Bonchev–Trinajstić information content (AvgIpc) is 2.52. The number of carboxylic acid groups (broad SMARTS) is 1. The Labute approximate surface area is 142 Å². The van der Waals surface area contributed by atoms with Gasteiger partial charge in [-0.2, -0.15) is 5.26 Å². The Hall–Kier alpha value is -2.58. The average molecular weight is 372 g/mol. The first-order chi connectivity index (χ1) is 11.0. The van der Waals surface area contributed by atoms with E-state index < -0.39 is 12.6 Å². The molecule has 23 heavy (non-hydrogen) atoms. The third kappa shape index (κ3) is 4.70. The van der Waals surface area contributed by atoms with Gasteiger partial charge < -0.3 is 9.84 Å². The number of nitrogens with zero attached hydrogens (tertiary/aromatic N) is 1. The van der Waals surface area contributed by atoms with Crippen molar-refractivity contribution in [2.75, 3.05) is 6.61 Å². The van der Waals surface area contributed by atoms with Crippen LogP contribution in [0, 0.1) is 18.3 Å². The number of hydrogen-bond acceptors (Lipinski definition) is 3. The number of carbonyl (C=O) groups is 1. The van der Waals surface area contributed by atoms with E-state index in [0.717, 1.165) is 16.7 Å². The van der Waals surface area contributed by atoms with Crippen molar-refractivity contribution in [2.24, 2.45) is 0 Å². The number of halogens is 1. The number of rotatable bonds is 5. The molecule has 0 aromatic heterocycles. The zero-order valence-electron chi connectivity index (χ0n) is 12.4. The highest BCUT2D eigenvalue weighted by molar-refractivity contribution is 9.10. The van der Waals surface area contributed by atoms with Crippen molar-refractivity contribution < 1.29 is 14.6 Å². The van der Waals surface area contributed by atoms with E-state index in [1.165, 1.54) is 0 Å². The van der Waals surface area contributed by atoms with E-state index >= 15 is 0 Å². The largest absolute Gasteiger partial charge is 0.481 e. The summed E-state index contributed by atoms with van der Waals surface area (Å²) in [7, 11) is 0. The number of hydrogen-bond donors (Lipinski definition) is 1. The fourth-order valence-electron chi connectivity index (χ4n) is 1.94. The molecule has 0 atom stereocenters. The number of allylic oxidation sites excluding steroid dienone is 1. The predicted octanol–water partition coefficient (Wildman–Crippen LogP) is 4.29. The van der Waals surface area contributed by atoms with E-state index in [0.29, 0.717) is 15.8 Å². The maximum absolute atomic E-state index is 10.5. The lowest BCUT2D eigenvalue weighted by molar-refractivity contribution is -0.139. The van der Waals surface area contributed by atoms with E-state index in [9.17, 15) is 10.1 Å². The first kappa shape index (κ1) is 16.8. The molecule has 2 rings (SSSR count). The monoisotopic (exact) mass is 371 g/mol. The van der Waals surface area contributed by atoms with Crippen LogP contribution in [0.3, 0.4) is 0 Å². The molecule has 2 aromatic rings. The van der Waals surface area contributed by atoms with Gasteiger partial charge in [0.05, 0.1) is 16.1 Å². The van der Waals surface area contributed by atoms with Crippen molar-refractivity contribution >= 4 is 33.5 Å². The third-order valence-electron chi connectivity index (χ3n) is 3.10. The fraction of sp³-hybridized carbons (Fsp3) is 0.111. The van der Waals surface area contributed by atoms with Crippen LogP contribution < -0.4 is 4.74 Å². The smallest absolute Gasteiger partial charge is 0.341 e. The predicted molar refractivity (Wildman–Crippen MR) is 91.9 cm³/mol. The Morgan fingerprint density at radius 3 is 2.57 bits per heavy atom. The summed E-state index contributed by atoms with van der Waals surface area (Å²) in [4.78, 5) is 10.5. The highest BCUT2D eigenvalue weighted by Crippen LogP contribution is 2.28. The standard InChI is InChI=1S/C18H14BrNO3/c1-12-2-5-14(6-3-12)15(10-20)8-13-4-7-17(16(19)9-13)23-11-18(21)22/h2-9H,11H2,1H3,(H,21,22)/b15-8+. The number of ether oxygens (including phenoxy) is 1. The van der Waals surface area contributed by atoms with Gasteiger partial charge >= 0.3 is 5.97 Å². The molecule has 0 saturated carbocycles. The molecule has 0 amide bonds. The summed E-state index contributed by atoms with van der Waals surface area (Å²) in [5.74, 6) is -0.592. The summed E-state index contributed by atoms with van der Waals surface area (Å²) >= 11 is 3.34. The van der Waals surface area contributed by atoms with Gasteiger partial charge in [-0.1, -0.05) is 35.9 Å². The molecule has 0 aliphatic carbocycles. The van der Waals surface area contributed by atoms with Crippen molar-refractivity contribution in [3.8, 4) is 11.8 Å². The Morgan fingerprint density at radius 2 is 2.00 bits per heavy atom. The molecule has 116 valence electrons. The van der Waals surface area contributed by atoms with Gasteiger partial charge in [-0.3, -0.25) is 0 Å². The molecule has 0 aliphatic rings. The Kier molecular flexibility index (Phi) is 5.56. The number of aliphatic carboxylic acids is 1. The van der Waals surface area contributed by atoms with Crippen LogP contribution >= 0.6 is 15.9 Å². The van der Waals surface area contributed by atoms with E-state index in [2.05, 4.69) is 22.0 Å². The minimum atomic E-state index is -1.04. The molecule has 4 nitrogen and oxygen atoms in total. The molecular formula is C18H14BrNO3. The van der Waals surface area contributed by atoms with Gasteiger partial charge in [0.15, 0.2) is 6.61 Å². The molecule has 0 heterocycles. The number of aryl methyl sites for hydroxylation is 1. The molecule has 0 saturated heterocycles. The SMILES string of the molecule is Cc1ccc(/C(C#N)=C/c2ccc(OCC(=O)O)c(Br)c2)cc1. The van der Waals surface area contributed by atoms with Gasteiger partial charge in [-0.05, 0) is 52.2 Å². The van der Waals surface area contributed by atoms with Gasteiger partial charge in [0, 0.05) is 0 Å². The topological polar surface area (TPSA) is 70.3 Å². The maximum Gasteiger partial charge on any atom is 0.341 e. The number of carboxylic acids is 1. The number of benzene rings is 2. The second-order valence-electron chi connectivity index (χ2n) is 4.91. The Morgan fingerprint density at radius 1 is 1.30 bits per heavy atom. The number of nitriles is 1. The van der Waals surface area contributed by atoms with Gasteiger partial charge in [0.2, 0.25) is 0 Å². The van der Waals surface area contributed by atoms with Gasteiger partial charge in [-0.25, -0.2) is 4.79 Å². The van der Waals surface area contributed by atoms with Crippen molar-refractivity contribution in [1.82, 2.24) is 0 Å². The van der Waals surface area contributed by atoms with Crippen LogP contribution in [0.4, 0.5) is 0 Å². The lowest BCUT2D eigenvalue weighted by atomic mass is 10.0. The summed E-state index contributed by atoms with van der Waals surface area (Å²) in [6.45, 7) is 1.59. The first-order valence-electron chi connectivity index (χ1n) is 6.82. The van der Waals surface area contributed by atoms with Crippen LogP contribution in [0.5, 0.6) is 5.75 Å². The van der Waals surface area contributed by atoms with Gasteiger partial charge in [-0.15, -0.1) is 0 Å². The molecule has 0 bridgehead atoms. The normalized spacial score (nSPS) is 10.9. The van der Waals surface area contributed by atoms with Crippen LogP contribution in [0.1, 0.15) is 16.7 Å². The molecule has 0 unspecified atom stereocenters. The lowest BCUT2D eigenvalue weighted by Crippen LogP contribution is -2.09. The third-order valence-corrected chi connectivity index (χ3v) is 3.72. The van der Waals surface area contributed by atoms with E-state index in [-0.39, 0.29) is 0 Å². The van der Waals surface area contributed by atoms with Gasteiger partial charge in [0.25, 0.3) is 0 Å². The van der Waals surface area contributed by atoms with Crippen LogP contribution in [-0.2, 0) is 4.79 Å². The molecule has 5 heteroatoms. The minimum absolute atomic E-state index is 0.402. The second kappa shape index (κ2) is 7.61. The van der Waals surface area contributed by atoms with Crippen molar-refractivity contribution in [3.63, 3.8) is 0 Å². The minimum Gasteiger partial charge on any atom is -0.481 e. The van der Waals surface area contributed by atoms with Crippen molar-refractivity contribution in [1.29, 1.82) is 5.26 Å². The van der Waals surface area contributed by atoms with Crippen molar-refractivity contribution in [2.45, 2.75) is 6.92 Å². The van der Waals surface area contributed by atoms with Crippen LogP contribution in [-0.4, -0.2) is 17.7 Å². The van der Waals surface area contributed by atoms with Crippen molar-refractivity contribution in [3.05, 3.63) is 63.6 Å². The summed E-state index contributed by atoms with van der Waals surface area (Å²) in [6, 6.07) is 15.1. The zero-order valence-corrected chi connectivity index (χ0v) is 14.0. The summed E-state index contributed by atoms with van der Waals surface area (Å²) in [5, 5.41) is 18.0. The molecule has 0 aliphatic heterocycles. The molecule has 1 N–H and O–H groups in total. The summed E-state index contributed by atoms with van der Waals surface area (Å²) in [5.41, 5.74) is 3.35. The summed E-state index contributed by atoms with van der Waals surface area (Å²) in [6.07, 6.45) is 1.77.